The summed E-state index contributed by atoms with van der Waals surface area (Å²) in [6.45, 7) is 4.08. The van der Waals surface area contributed by atoms with Gasteiger partial charge in [-0.1, -0.05) is 11.6 Å². The van der Waals surface area contributed by atoms with Crippen LogP contribution in [0.1, 0.15) is 36.7 Å². The minimum Gasteiger partial charge on any atom is -0.447 e. The number of halogens is 1. The maximum atomic E-state index is 12.8. The number of nitro groups is 1. The fourth-order valence-corrected chi connectivity index (χ4v) is 4.02. The Hall–Kier alpha value is -3.06. The van der Waals surface area contributed by atoms with Crippen LogP contribution in [0.5, 0.6) is 0 Å². The first-order valence-electron chi connectivity index (χ1n) is 9.36. The zero-order valence-corrected chi connectivity index (χ0v) is 16.8. The molecule has 1 aromatic heterocycles. The van der Waals surface area contributed by atoms with Crippen LogP contribution in [0.2, 0.25) is 5.02 Å². The normalized spacial score (nSPS) is 16.1. The van der Waals surface area contributed by atoms with Gasteiger partial charge < -0.3 is 9.72 Å². The smallest absolute Gasteiger partial charge is 0.410 e. The lowest BCUT2D eigenvalue weighted by molar-refractivity contribution is -0.384. The summed E-state index contributed by atoms with van der Waals surface area (Å²) in [5.41, 5.74) is 3.69. The molecule has 8 heteroatoms. The minimum atomic E-state index is -0.439. The summed E-state index contributed by atoms with van der Waals surface area (Å²) in [4.78, 5) is 28.5. The molecular formula is C21H20ClN3O4. The van der Waals surface area contributed by atoms with Crippen molar-refractivity contribution in [3.63, 3.8) is 0 Å². The van der Waals surface area contributed by atoms with Crippen LogP contribution < -0.4 is 0 Å². The van der Waals surface area contributed by atoms with E-state index >= 15 is 0 Å². The number of aromatic nitrogens is 1. The Morgan fingerprint density at radius 2 is 2.00 bits per heavy atom. The van der Waals surface area contributed by atoms with Gasteiger partial charge in [-0.15, -0.1) is 0 Å². The van der Waals surface area contributed by atoms with Crippen LogP contribution >= 0.6 is 11.6 Å². The molecule has 1 atom stereocenters. The second-order valence-electron chi connectivity index (χ2n) is 7.33. The van der Waals surface area contributed by atoms with Crippen molar-refractivity contribution in [2.75, 3.05) is 6.54 Å². The van der Waals surface area contributed by atoms with Gasteiger partial charge in [0.25, 0.3) is 5.69 Å². The maximum absolute atomic E-state index is 12.8. The fraction of sp³-hybridized carbons (Fsp3) is 0.286. The molecule has 29 heavy (non-hydrogen) atoms. The molecular weight excluding hydrogens is 394 g/mol. The molecule has 7 nitrogen and oxygen atoms in total. The van der Waals surface area contributed by atoms with Gasteiger partial charge in [0.1, 0.15) is 6.04 Å². The molecule has 1 amide bonds. The van der Waals surface area contributed by atoms with Gasteiger partial charge in [0.05, 0.1) is 11.0 Å². The summed E-state index contributed by atoms with van der Waals surface area (Å²) in [5.74, 6) is 0. The number of benzene rings is 2. The van der Waals surface area contributed by atoms with Gasteiger partial charge in [-0.05, 0) is 61.7 Å². The average Bonchev–Trinajstić information content (AvgIpc) is 3.04. The summed E-state index contributed by atoms with van der Waals surface area (Å²) >= 11 is 6.19. The second kappa shape index (κ2) is 7.40. The van der Waals surface area contributed by atoms with Crippen LogP contribution in [0, 0.1) is 10.1 Å². The number of aromatic amines is 1. The molecule has 1 aliphatic rings. The number of nitro benzene ring substituents is 1. The van der Waals surface area contributed by atoms with Crippen molar-refractivity contribution in [2.45, 2.75) is 32.4 Å². The molecule has 1 aliphatic heterocycles. The van der Waals surface area contributed by atoms with E-state index in [1.54, 1.807) is 30.9 Å². The molecule has 1 N–H and O–H groups in total. The van der Waals surface area contributed by atoms with Crippen molar-refractivity contribution in [1.82, 2.24) is 9.88 Å². The Morgan fingerprint density at radius 1 is 1.28 bits per heavy atom. The van der Waals surface area contributed by atoms with Crippen LogP contribution in [0.15, 0.2) is 42.5 Å². The van der Waals surface area contributed by atoms with Crippen molar-refractivity contribution in [3.05, 3.63) is 74.4 Å². The number of carbonyl (C=O) groups is 1. The van der Waals surface area contributed by atoms with Crippen LogP contribution in [-0.2, 0) is 11.2 Å². The zero-order valence-electron chi connectivity index (χ0n) is 16.0. The number of fused-ring (bicyclic) bond motifs is 3. The summed E-state index contributed by atoms with van der Waals surface area (Å²) < 4.78 is 5.46. The first-order valence-corrected chi connectivity index (χ1v) is 9.74. The summed E-state index contributed by atoms with van der Waals surface area (Å²) in [6.07, 6.45) is 0.000394. The number of carbonyl (C=O) groups excluding carboxylic acids is 1. The Bertz CT molecular complexity index is 1090. The number of amides is 1. The van der Waals surface area contributed by atoms with E-state index < -0.39 is 17.1 Å². The molecule has 0 saturated heterocycles. The van der Waals surface area contributed by atoms with Gasteiger partial charge in [0.15, 0.2) is 0 Å². The molecule has 3 aromatic rings. The number of ether oxygens (including phenoxy) is 1. The van der Waals surface area contributed by atoms with Crippen LogP contribution in [-0.4, -0.2) is 33.5 Å². The summed E-state index contributed by atoms with van der Waals surface area (Å²) in [6, 6.07) is 11.5. The quantitative estimate of drug-likeness (QED) is 0.470. The predicted octanol–water partition coefficient (Wildman–Crippen LogP) is 5.22. The monoisotopic (exact) mass is 413 g/mol. The Balaban J connectivity index is 1.84. The van der Waals surface area contributed by atoms with Gasteiger partial charge in [-0.3, -0.25) is 15.0 Å². The number of non-ortho nitro benzene ring substituents is 1. The first kappa shape index (κ1) is 19.3. The topological polar surface area (TPSA) is 88.5 Å². The molecule has 4 rings (SSSR count). The van der Waals surface area contributed by atoms with Crippen molar-refractivity contribution in [2.24, 2.45) is 0 Å². The number of rotatable bonds is 3. The largest absolute Gasteiger partial charge is 0.447 e. The van der Waals surface area contributed by atoms with Crippen molar-refractivity contribution < 1.29 is 14.5 Å². The van der Waals surface area contributed by atoms with Crippen LogP contribution in [0.4, 0.5) is 10.5 Å². The highest BCUT2D eigenvalue weighted by Crippen LogP contribution is 2.39. The van der Waals surface area contributed by atoms with Crippen molar-refractivity contribution in [1.29, 1.82) is 0 Å². The zero-order chi connectivity index (χ0) is 20.7. The van der Waals surface area contributed by atoms with E-state index in [0.717, 1.165) is 27.7 Å². The standard InChI is InChI=1S/C21H20ClN3O4/c1-12(2)29-21(26)24-10-9-16-17-11-14(22)5-8-18(17)23-19(16)20(24)13-3-6-15(7-4-13)25(27)28/h3-8,11-12,20,23H,9-10H2,1-2H3. The van der Waals surface area contributed by atoms with E-state index in [4.69, 9.17) is 16.3 Å². The highest BCUT2D eigenvalue weighted by atomic mass is 35.5. The van der Waals surface area contributed by atoms with E-state index in [9.17, 15) is 14.9 Å². The van der Waals surface area contributed by atoms with E-state index in [-0.39, 0.29) is 11.8 Å². The van der Waals surface area contributed by atoms with Crippen LogP contribution in [0.25, 0.3) is 10.9 Å². The lowest BCUT2D eigenvalue weighted by atomic mass is 9.92. The molecule has 0 fully saturated rings. The third kappa shape index (κ3) is 3.53. The van der Waals surface area contributed by atoms with Crippen molar-refractivity contribution in [3.8, 4) is 0 Å². The van der Waals surface area contributed by atoms with Crippen molar-refractivity contribution >= 4 is 34.3 Å². The number of hydrogen-bond donors (Lipinski definition) is 1. The maximum Gasteiger partial charge on any atom is 0.410 e. The highest BCUT2D eigenvalue weighted by Gasteiger charge is 2.36. The van der Waals surface area contributed by atoms with Gasteiger partial charge in [-0.25, -0.2) is 4.79 Å². The second-order valence-corrected chi connectivity index (χ2v) is 7.77. The predicted molar refractivity (Wildman–Crippen MR) is 110 cm³/mol. The molecule has 0 radical (unpaired) electrons. The third-order valence-corrected chi connectivity index (χ3v) is 5.31. The SMILES string of the molecule is CC(C)OC(=O)N1CCc2c([nH]c3ccc(Cl)cc23)C1c1ccc([N+](=O)[O-])cc1. The number of H-pyrrole nitrogens is 1. The van der Waals surface area contributed by atoms with Gasteiger partial charge in [-0.2, -0.15) is 0 Å². The molecule has 0 spiro atoms. The average molecular weight is 414 g/mol. The van der Waals surface area contributed by atoms with E-state index in [1.807, 2.05) is 18.2 Å². The van der Waals surface area contributed by atoms with Gasteiger partial charge in [0.2, 0.25) is 0 Å². The molecule has 150 valence electrons. The molecule has 2 aromatic carbocycles. The van der Waals surface area contributed by atoms with Crippen LogP contribution in [0.3, 0.4) is 0 Å². The van der Waals surface area contributed by atoms with E-state index in [1.165, 1.54) is 12.1 Å². The number of nitrogens with one attached hydrogen (secondary N) is 1. The molecule has 1 unspecified atom stereocenters. The molecule has 0 saturated carbocycles. The van der Waals surface area contributed by atoms with E-state index in [2.05, 4.69) is 4.98 Å². The number of hydrogen-bond acceptors (Lipinski definition) is 4. The Labute approximate surface area is 172 Å². The van der Waals surface area contributed by atoms with Gasteiger partial charge >= 0.3 is 6.09 Å². The Kier molecular flexibility index (Phi) is 4.92. The third-order valence-electron chi connectivity index (χ3n) is 5.08. The van der Waals surface area contributed by atoms with Gasteiger partial charge in [0, 0.05) is 40.3 Å². The first-order chi connectivity index (χ1) is 13.8. The lowest BCUT2D eigenvalue weighted by Crippen LogP contribution is -2.41. The van der Waals surface area contributed by atoms with E-state index in [0.29, 0.717) is 18.0 Å². The number of nitrogens with zero attached hydrogens (tertiary/aromatic N) is 2. The fourth-order valence-electron chi connectivity index (χ4n) is 3.85. The lowest BCUT2D eigenvalue weighted by Gasteiger charge is -2.35. The molecule has 2 heterocycles. The summed E-state index contributed by atoms with van der Waals surface area (Å²) in [5, 5.41) is 12.7. The minimum absolute atomic E-state index is 0.00418. The Morgan fingerprint density at radius 3 is 2.66 bits per heavy atom. The summed E-state index contributed by atoms with van der Waals surface area (Å²) in [7, 11) is 0. The highest BCUT2D eigenvalue weighted by molar-refractivity contribution is 6.31. The molecule has 0 bridgehead atoms. The molecule has 0 aliphatic carbocycles.